The summed E-state index contributed by atoms with van der Waals surface area (Å²) in [4.78, 5) is 24.7. The Bertz CT molecular complexity index is 1060. The zero-order valence-corrected chi connectivity index (χ0v) is 16.6. The second-order valence-electron chi connectivity index (χ2n) is 6.56. The summed E-state index contributed by atoms with van der Waals surface area (Å²) in [6, 6.07) is 10.7. The van der Waals surface area contributed by atoms with Crippen LogP contribution in [0, 0.1) is 0 Å². The van der Waals surface area contributed by atoms with Gasteiger partial charge in [0.05, 0.1) is 26.9 Å². The van der Waals surface area contributed by atoms with Crippen LogP contribution >= 0.6 is 23.2 Å². The fourth-order valence-electron chi connectivity index (χ4n) is 3.08. The number of fused-ring (bicyclic) bond motifs is 1. The van der Waals surface area contributed by atoms with Crippen LogP contribution in [-0.4, -0.2) is 41.3 Å². The number of imidazole rings is 1. The lowest BCUT2D eigenvalue weighted by Crippen LogP contribution is -2.33. The highest BCUT2D eigenvalue weighted by molar-refractivity contribution is 6.42. The monoisotopic (exact) mass is 415 g/mol. The lowest BCUT2D eigenvalue weighted by atomic mass is 10.2. The van der Waals surface area contributed by atoms with Crippen molar-refractivity contribution in [2.45, 2.75) is 12.8 Å². The molecule has 1 amide bonds. The van der Waals surface area contributed by atoms with E-state index < -0.39 is 0 Å². The van der Waals surface area contributed by atoms with Crippen LogP contribution in [0.4, 0.5) is 0 Å². The van der Waals surface area contributed by atoms with Crippen LogP contribution in [0.25, 0.3) is 22.4 Å². The van der Waals surface area contributed by atoms with Crippen LogP contribution in [0.1, 0.15) is 23.2 Å². The fraction of sp³-hybridized carbons (Fsp3) is 0.250. The molecule has 2 aromatic carbocycles. The summed E-state index contributed by atoms with van der Waals surface area (Å²) in [6.45, 7) is 2.35. The van der Waals surface area contributed by atoms with E-state index in [0.717, 1.165) is 41.9 Å². The third-order valence-electron chi connectivity index (χ3n) is 4.55. The van der Waals surface area contributed by atoms with E-state index >= 15 is 0 Å². The molecular formula is C20H19Cl2N5O. The van der Waals surface area contributed by atoms with Crippen LogP contribution < -0.4 is 10.6 Å². The molecule has 3 N–H and O–H groups in total. The number of aromatic nitrogens is 2. The maximum Gasteiger partial charge on any atom is 0.251 e. The summed E-state index contributed by atoms with van der Waals surface area (Å²) in [6.07, 6.45) is 1.77. The summed E-state index contributed by atoms with van der Waals surface area (Å²) in [5, 5.41) is 7.15. The van der Waals surface area contributed by atoms with Crippen molar-refractivity contribution in [2.75, 3.05) is 19.6 Å². The Hall–Kier alpha value is -2.57. The van der Waals surface area contributed by atoms with Gasteiger partial charge >= 0.3 is 0 Å². The van der Waals surface area contributed by atoms with Crippen molar-refractivity contribution in [3.8, 4) is 11.4 Å². The van der Waals surface area contributed by atoms with Crippen molar-refractivity contribution < 1.29 is 4.79 Å². The van der Waals surface area contributed by atoms with Crippen LogP contribution in [0.3, 0.4) is 0 Å². The van der Waals surface area contributed by atoms with E-state index in [-0.39, 0.29) is 5.91 Å². The third-order valence-corrected chi connectivity index (χ3v) is 5.29. The normalized spacial score (nSPS) is 13.9. The molecule has 3 aromatic rings. The van der Waals surface area contributed by atoms with Crippen LogP contribution in [0.5, 0.6) is 0 Å². The molecule has 0 radical (unpaired) electrons. The molecule has 28 heavy (non-hydrogen) atoms. The fourth-order valence-corrected chi connectivity index (χ4v) is 3.37. The Kier molecular flexibility index (Phi) is 5.50. The van der Waals surface area contributed by atoms with Gasteiger partial charge in [0.2, 0.25) is 0 Å². The van der Waals surface area contributed by atoms with Crippen molar-refractivity contribution in [2.24, 2.45) is 4.99 Å². The number of nitrogens with one attached hydrogen (secondary N) is 3. The number of amides is 1. The largest absolute Gasteiger partial charge is 0.374 e. The number of hydrogen-bond donors (Lipinski definition) is 3. The second-order valence-corrected chi connectivity index (χ2v) is 7.38. The Morgan fingerprint density at radius 3 is 2.82 bits per heavy atom. The van der Waals surface area contributed by atoms with Crippen molar-refractivity contribution >= 4 is 46.0 Å². The molecule has 0 fully saturated rings. The van der Waals surface area contributed by atoms with E-state index in [9.17, 15) is 4.79 Å². The number of amidine groups is 1. The molecule has 6 nitrogen and oxygen atoms in total. The second kappa shape index (κ2) is 8.20. The van der Waals surface area contributed by atoms with E-state index in [4.69, 9.17) is 23.2 Å². The minimum atomic E-state index is -0.121. The first-order valence-electron chi connectivity index (χ1n) is 9.11. The highest BCUT2D eigenvalue weighted by Crippen LogP contribution is 2.28. The summed E-state index contributed by atoms with van der Waals surface area (Å²) < 4.78 is 0. The van der Waals surface area contributed by atoms with Crippen molar-refractivity contribution in [3.63, 3.8) is 0 Å². The number of carbonyl (C=O) groups is 1. The lowest BCUT2D eigenvalue weighted by molar-refractivity contribution is 0.0955. The van der Waals surface area contributed by atoms with Crippen LogP contribution in [0.15, 0.2) is 41.4 Å². The molecule has 1 aliphatic heterocycles. The van der Waals surface area contributed by atoms with Gasteiger partial charge in [-0.1, -0.05) is 23.2 Å². The standard InChI is InChI=1S/C20H19Cl2N5O/c21-14-4-2-12(10-15(14)22)19-26-16-5-3-13(11-17(16)27-19)20(28)25-9-6-18-23-7-1-8-24-18/h2-5,10-11H,1,6-9H2,(H,23,24)(H,25,28)(H,26,27). The smallest absolute Gasteiger partial charge is 0.251 e. The van der Waals surface area contributed by atoms with E-state index in [0.29, 0.717) is 34.4 Å². The Morgan fingerprint density at radius 1 is 1.14 bits per heavy atom. The van der Waals surface area contributed by atoms with Crippen molar-refractivity contribution in [1.29, 1.82) is 0 Å². The number of halogens is 2. The minimum Gasteiger partial charge on any atom is -0.374 e. The van der Waals surface area contributed by atoms with Gasteiger partial charge in [-0.2, -0.15) is 0 Å². The number of carbonyl (C=O) groups excluding carboxylic acids is 1. The zero-order chi connectivity index (χ0) is 19.5. The molecule has 1 aliphatic rings. The van der Waals surface area contributed by atoms with Gasteiger partial charge in [-0.15, -0.1) is 0 Å². The summed E-state index contributed by atoms with van der Waals surface area (Å²) in [5.74, 6) is 1.51. The Labute approximate surface area is 172 Å². The van der Waals surface area contributed by atoms with Crippen molar-refractivity contribution in [3.05, 3.63) is 52.0 Å². The highest BCUT2D eigenvalue weighted by atomic mass is 35.5. The first-order valence-corrected chi connectivity index (χ1v) is 9.86. The highest BCUT2D eigenvalue weighted by Gasteiger charge is 2.11. The number of H-pyrrole nitrogens is 1. The Balaban J connectivity index is 1.47. The lowest BCUT2D eigenvalue weighted by Gasteiger charge is -2.14. The molecule has 0 unspecified atom stereocenters. The number of nitrogens with zero attached hydrogens (tertiary/aromatic N) is 2. The molecule has 0 atom stereocenters. The van der Waals surface area contributed by atoms with Gasteiger partial charge < -0.3 is 15.6 Å². The molecule has 144 valence electrons. The van der Waals surface area contributed by atoms with Gasteiger partial charge in [0, 0.05) is 37.2 Å². The maximum absolute atomic E-state index is 12.5. The number of aromatic amines is 1. The average Bonchev–Trinajstić information content (AvgIpc) is 3.14. The molecule has 0 saturated heterocycles. The van der Waals surface area contributed by atoms with Gasteiger partial charge in [-0.05, 0) is 42.8 Å². The number of rotatable bonds is 5. The maximum atomic E-state index is 12.5. The summed E-state index contributed by atoms with van der Waals surface area (Å²) in [5.41, 5.74) is 2.97. The number of benzene rings is 2. The van der Waals surface area contributed by atoms with Crippen molar-refractivity contribution in [1.82, 2.24) is 20.6 Å². The number of aliphatic imine (C=N–C) groups is 1. The quantitative estimate of drug-likeness (QED) is 0.587. The SMILES string of the molecule is O=C(NCCC1=NCCCN1)c1ccc2nc(-c3ccc(Cl)c(Cl)c3)[nH]c2c1. The summed E-state index contributed by atoms with van der Waals surface area (Å²) in [7, 11) is 0. The summed E-state index contributed by atoms with van der Waals surface area (Å²) >= 11 is 12.1. The van der Waals surface area contributed by atoms with E-state index in [2.05, 4.69) is 25.6 Å². The minimum absolute atomic E-state index is 0.121. The molecule has 0 bridgehead atoms. The van der Waals surface area contributed by atoms with Crippen LogP contribution in [0.2, 0.25) is 10.0 Å². The zero-order valence-electron chi connectivity index (χ0n) is 15.1. The topological polar surface area (TPSA) is 82.2 Å². The van der Waals surface area contributed by atoms with Gasteiger partial charge in [-0.3, -0.25) is 9.79 Å². The van der Waals surface area contributed by atoms with Gasteiger partial charge in [0.25, 0.3) is 5.91 Å². The van der Waals surface area contributed by atoms with Gasteiger partial charge in [0.15, 0.2) is 0 Å². The van der Waals surface area contributed by atoms with E-state index in [1.54, 1.807) is 24.3 Å². The predicted molar refractivity (Wildman–Crippen MR) is 113 cm³/mol. The molecule has 0 saturated carbocycles. The molecule has 2 heterocycles. The third kappa shape index (κ3) is 4.13. The molecular weight excluding hydrogens is 397 g/mol. The van der Waals surface area contributed by atoms with Gasteiger partial charge in [0.1, 0.15) is 5.82 Å². The molecule has 0 spiro atoms. The van der Waals surface area contributed by atoms with E-state index in [1.807, 2.05) is 12.1 Å². The first kappa shape index (κ1) is 18.8. The molecule has 4 rings (SSSR count). The van der Waals surface area contributed by atoms with Gasteiger partial charge in [-0.25, -0.2) is 4.98 Å². The predicted octanol–water partition coefficient (Wildman–Crippen LogP) is 4.05. The average molecular weight is 416 g/mol. The molecule has 0 aliphatic carbocycles. The molecule has 8 heteroatoms. The molecule has 1 aromatic heterocycles. The number of hydrogen-bond acceptors (Lipinski definition) is 4. The van der Waals surface area contributed by atoms with Crippen LogP contribution in [-0.2, 0) is 0 Å². The first-order chi connectivity index (χ1) is 13.6. The van der Waals surface area contributed by atoms with E-state index in [1.165, 1.54) is 0 Å². The Morgan fingerprint density at radius 2 is 2.04 bits per heavy atom.